The smallest absolute Gasteiger partial charge is 0.184 e. The van der Waals surface area contributed by atoms with Crippen LogP contribution in [-0.4, -0.2) is 12.0 Å². The van der Waals surface area contributed by atoms with Gasteiger partial charge in [-0.3, -0.25) is 9.79 Å². The number of aliphatic imine (C=N–C) groups is 1. The minimum absolute atomic E-state index is 0.0480. The first-order valence-corrected chi connectivity index (χ1v) is 15.3. The topological polar surface area (TPSA) is 29.4 Å². The second-order valence-corrected chi connectivity index (χ2v) is 11.7. The Morgan fingerprint density at radius 1 is 1.16 bits per heavy atom. The summed E-state index contributed by atoms with van der Waals surface area (Å²) in [6.45, 7) is 31.5. The van der Waals surface area contributed by atoms with Crippen molar-refractivity contribution in [3.8, 4) is 0 Å². The third-order valence-electron chi connectivity index (χ3n) is 7.96. The lowest BCUT2D eigenvalue weighted by Crippen LogP contribution is -2.26. The van der Waals surface area contributed by atoms with Crippen LogP contribution in [0.3, 0.4) is 0 Å². The van der Waals surface area contributed by atoms with Crippen LogP contribution in [0.5, 0.6) is 0 Å². The number of halogens is 1. The van der Waals surface area contributed by atoms with Crippen molar-refractivity contribution in [2.24, 2.45) is 33.6 Å². The second-order valence-electron chi connectivity index (χ2n) is 11.7. The highest BCUT2D eigenvalue weighted by Gasteiger charge is 2.45. The Labute approximate surface area is 237 Å². The van der Waals surface area contributed by atoms with Gasteiger partial charge in [-0.05, 0) is 72.5 Å². The van der Waals surface area contributed by atoms with Gasteiger partial charge < -0.3 is 0 Å². The molecule has 0 amide bonds. The fourth-order valence-electron chi connectivity index (χ4n) is 4.94. The molecule has 2 unspecified atom stereocenters. The maximum Gasteiger partial charge on any atom is 0.184 e. The van der Waals surface area contributed by atoms with Gasteiger partial charge in [0.15, 0.2) is 5.78 Å². The van der Waals surface area contributed by atoms with Crippen LogP contribution in [0.15, 0.2) is 35.5 Å². The molecule has 0 saturated heterocycles. The lowest BCUT2D eigenvalue weighted by Gasteiger charge is -2.30. The molecule has 0 radical (unpaired) electrons. The van der Waals surface area contributed by atoms with E-state index in [-0.39, 0.29) is 22.9 Å². The molecule has 1 fully saturated rings. The standard InChI is InChI=1S/C25H36FNO.C6H14.2C2H6/c1-7-12-27-18(5)24(28)22(14-19-10-11-23(26)17(4)13-19)20-15-21(8-2)25(6,9-3)16-20;1-5-6(2,3)4;2*1-2/h10-13,20-22H,5,7-9,14-16H2,1-4,6H3;5H2,1-4H3;2*1-2H3/t20?,21-,22?,25+;;;/m1.../s1. The van der Waals surface area contributed by atoms with Crippen LogP contribution >= 0.6 is 0 Å². The number of carbonyl (C=O) groups is 1. The summed E-state index contributed by atoms with van der Waals surface area (Å²) in [5.74, 6) is 0.663. The molecule has 1 aliphatic rings. The summed E-state index contributed by atoms with van der Waals surface area (Å²) in [5, 5.41) is 0. The van der Waals surface area contributed by atoms with Crippen LogP contribution in [0, 0.1) is 41.3 Å². The van der Waals surface area contributed by atoms with Crippen molar-refractivity contribution in [1.29, 1.82) is 0 Å². The molecule has 3 heteroatoms. The monoisotopic (exact) mass is 531 g/mol. The molecular formula is C35H62FNO. The van der Waals surface area contributed by atoms with Crippen LogP contribution < -0.4 is 0 Å². The molecule has 0 aliphatic heterocycles. The second kappa shape index (κ2) is 19.3. The summed E-state index contributed by atoms with van der Waals surface area (Å²) in [4.78, 5) is 17.6. The van der Waals surface area contributed by atoms with Gasteiger partial charge in [-0.1, -0.05) is 121 Å². The molecule has 0 spiro atoms. The van der Waals surface area contributed by atoms with Crippen molar-refractivity contribution in [1.82, 2.24) is 0 Å². The maximum atomic E-state index is 13.7. The first-order valence-electron chi connectivity index (χ1n) is 15.3. The van der Waals surface area contributed by atoms with Gasteiger partial charge in [0.1, 0.15) is 5.82 Å². The molecule has 38 heavy (non-hydrogen) atoms. The highest BCUT2D eigenvalue weighted by molar-refractivity contribution is 5.97. The molecule has 2 rings (SSSR count). The summed E-state index contributed by atoms with van der Waals surface area (Å²) >= 11 is 0. The number of benzene rings is 1. The Bertz CT molecular complexity index is 835. The molecular weight excluding hydrogens is 469 g/mol. The quantitative estimate of drug-likeness (QED) is 0.230. The largest absolute Gasteiger partial charge is 0.292 e. The van der Waals surface area contributed by atoms with Crippen LogP contribution in [-0.2, 0) is 11.2 Å². The summed E-state index contributed by atoms with van der Waals surface area (Å²) < 4.78 is 13.7. The average Bonchev–Trinajstić information content (AvgIpc) is 3.26. The van der Waals surface area contributed by atoms with E-state index < -0.39 is 0 Å². The van der Waals surface area contributed by atoms with E-state index in [1.165, 1.54) is 12.5 Å². The number of rotatable bonds is 9. The molecule has 220 valence electrons. The molecule has 4 atom stereocenters. The van der Waals surface area contributed by atoms with Crippen molar-refractivity contribution in [2.75, 3.05) is 0 Å². The van der Waals surface area contributed by atoms with Gasteiger partial charge in [0.2, 0.25) is 0 Å². The number of ketones is 1. The van der Waals surface area contributed by atoms with E-state index in [1.807, 2.05) is 46.8 Å². The van der Waals surface area contributed by atoms with Gasteiger partial charge in [0.05, 0.1) is 5.70 Å². The Kier molecular flexibility index (Phi) is 19.5. The number of hydrogen-bond acceptors (Lipinski definition) is 2. The summed E-state index contributed by atoms with van der Waals surface area (Å²) in [7, 11) is 0. The number of allylic oxidation sites excluding steroid dienone is 1. The van der Waals surface area contributed by atoms with Crippen molar-refractivity contribution in [3.05, 3.63) is 47.4 Å². The SMILES string of the molecule is C=C(N=CCC)C(=O)C(Cc1ccc(F)c(C)c1)C1C[C@@H](CC)[C@@](C)(CC)C1.CC.CC.CCC(C)(C)C. The number of carbonyl (C=O) groups excluding carboxylic acids is 1. The van der Waals surface area contributed by atoms with E-state index in [4.69, 9.17) is 0 Å². The third-order valence-corrected chi connectivity index (χ3v) is 7.96. The molecule has 1 aromatic carbocycles. The van der Waals surface area contributed by atoms with Crippen molar-refractivity contribution in [3.63, 3.8) is 0 Å². The Morgan fingerprint density at radius 3 is 2.11 bits per heavy atom. The zero-order chi connectivity index (χ0) is 30.1. The van der Waals surface area contributed by atoms with Crippen LogP contribution in [0.1, 0.15) is 133 Å². The van der Waals surface area contributed by atoms with E-state index in [0.717, 1.165) is 37.7 Å². The molecule has 0 aromatic heterocycles. The van der Waals surface area contributed by atoms with Gasteiger partial charge in [-0.25, -0.2) is 4.39 Å². The first kappa shape index (κ1) is 38.4. The lowest BCUT2D eigenvalue weighted by atomic mass is 9.75. The Morgan fingerprint density at radius 2 is 1.71 bits per heavy atom. The number of hydrogen-bond donors (Lipinski definition) is 0. The summed E-state index contributed by atoms with van der Waals surface area (Å²) in [6.07, 6.45) is 8.84. The lowest BCUT2D eigenvalue weighted by molar-refractivity contribution is -0.120. The van der Waals surface area contributed by atoms with Gasteiger partial charge in [-0.15, -0.1) is 0 Å². The molecule has 0 bridgehead atoms. The zero-order valence-electron chi connectivity index (χ0n) is 27.4. The minimum Gasteiger partial charge on any atom is -0.292 e. The van der Waals surface area contributed by atoms with Crippen molar-refractivity contribution >= 4 is 12.0 Å². The molecule has 1 aromatic rings. The highest BCUT2D eigenvalue weighted by Crippen LogP contribution is 2.53. The van der Waals surface area contributed by atoms with E-state index in [9.17, 15) is 9.18 Å². The first-order chi connectivity index (χ1) is 17.8. The molecule has 1 aliphatic carbocycles. The van der Waals surface area contributed by atoms with E-state index in [2.05, 4.69) is 60.0 Å². The van der Waals surface area contributed by atoms with E-state index >= 15 is 0 Å². The highest BCUT2D eigenvalue weighted by atomic mass is 19.1. The average molecular weight is 532 g/mol. The summed E-state index contributed by atoms with van der Waals surface area (Å²) in [5.41, 5.74) is 2.82. The predicted octanol–water partition coefficient (Wildman–Crippen LogP) is 11.2. The minimum atomic E-state index is -0.200. The number of nitrogens with zero attached hydrogens (tertiary/aromatic N) is 1. The van der Waals surface area contributed by atoms with E-state index in [0.29, 0.717) is 34.9 Å². The molecule has 0 N–H and O–H groups in total. The van der Waals surface area contributed by atoms with Gasteiger partial charge >= 0.3 is 0 Å². The number of aryl methyl sites for hydroxylation is 1. The van der Waals surface area contributed by atoms with Gasteiger partial charge in [0.25, 0.3) is 0 Å². The maximum absolute atomic E-state index is 13.7. The Balaban J connectivity index is 0. The van der Waals surface area contributed by atoms with Gasteiger partial charge in [-0.2, -0.15) is 0 Å². The fourth-order valence-corrected chi connectivity index (χ4v) is 4.94. The van der Waals surface area contributed by atoms with E-state index in [1.54, 1.807) is 13.1 Å². The fraction of sp³-hybridized carbons (Fsp3) is 0.714. The molecule has 0 heterocycles. The zero-order valence-corrected chi connectivity index (χ0v) is 27.4. The van der Waals surface area contributed by atoms with Gasteiger partial charge in [0, 0.05) is 12.1 Å². The van der Waals surface area contributed by atoms with Crippen LogP contribution in [0.2, 0.25) is 0 Å². The number of Topliss-reactive ketones (excluding diaryl/α,β-unsaturated/α-hetero) is 1. The predicted molar refractivity (Wildman–Crippen MR) is 169 cm³/mol. The van der Waals surface area contributed by atoms with Crippen molar-refractivity contribution in [2.45, 2.75) is 135 Å². The van der Waals surface area contributed by atoms with Crippen LogP contribution in [0.25, 0.3) is 0 Å². The molecule has 2 nitrogen and oxygen atoms in total. The van der Waals surface area contributed by atoms with Crippen LogP contribution in [0.4, 0.5) is 4.39 Å². The van der Waals surface area contributed by atoms with Crippen molar-refractivity contribution < 1.29 is 9.18 Å². The summed E-state index contributed by atoms with van der Waals surface area (Å²) in [6, 6.07) is 5.20. The normalized spacial score (nSPS) is 21.3. The Hall–Kier alpha value is -1.77. The molecule has 1 saturated carbocycles. The third kappa shape index (κ3) is 12.9.